The van der Waals surface area contributed by atoms with Crippen molar-refractivity contribution in [3.63, 3.8) is 0 Å². The lowest BCUT2D eigenvalue weighted by atomic mass is 9.99. The molecule has 7 heteroatoms. The van der Waals surface area contributed by atoms with Crippen LogP contribution in [0.3, 0.4) is 0 Å². The Morgan fingerprint density at radius 2 is 1.94 bits per heavy atom. The van der Waals surface area contributed by atoms with Gasteiger partial charge in [0.15, 0.2) is 0 Å². The van der Waals surface area contributed by atoms with E-state index < -0.39 is 21.7 Å². The fraction of sp³-hybridized carbons (Fsp3) is 0.909. The molecule has 106 valence electrons. The van der Waals surface area contributed by atoms with Crippen LogP contribution in [0, 0.1) is 0 Å². The van der Waals surface area contributed by atoms with Crippen molar-refractivity contribution in [2.45, 2.75) is 45.2 Å². The highest BCUT2D eigenvalue weighted by Gasteiger charge is 2.37. The van der Waals surface area contributed by atoms with Gasteiger partial charge in [0.25, 0.3) is 0 Å². The summed E-state index contributed by atoms with van der Waals surface area (Å²) >= 11 is 0. The van der Waals surface area contributed by atoms with Gasteiger partial charge in [-0.3, -0.25) is 4.90 Å². The first-order chi connectivity index (χ1) is 8.03. The molecule has 1 heterocycles. The van der Waals surface area contributed by atoms with Crippen LogP contribution >= 0.6 is 0 Å². The molecule has 1 amide bonds. The Morgan fingerprint density at radius 3 is 2.33 bits per heavy atom. The second-order valence-corrected chi connectivity index (χ2v) is 7.72. The van der Waals surface area contributed by atoms with Gasteiger partial charge in [-0.05, 0) is 33.6 Å². The van der Waals surface area contributed by atoms with Crippen LogP contribution in [0.25, 0.3) is 0 Å². The number of amides is 1. The summed E-state index contributed by atoms with van der Waals surface area (Å²) in [6.45, 7) is 6.19. The van der Waals surface area contributed by atoms with Gasteiger partial charge >= 0.3 is 6.09 Å². The monoisotopic (exact) mass is 278 g/mol. The summed E-state index contributed by atoms with van der Waals surface area (Å²) < 4.78 is 24.4. The maximum atomic E-state index is 11.5. The van der Waals surface area contributed by atoms with E-state index in [4.69, 9.17) is 0 Å². The third-order valence-electron chi connectivity index (χ3n) is 3.12. The molecule has 1 aliphatic heterocycles. The van der Waals surface area contributed by atoms with Crippen LogP contribution in [0.15, 0.2) is 0 Å². The highest BCUT2D eigenvalue weighted by atomic mass is 32.2. The quantitative estimate of drug-likeness (QED) is 0.823. The fourth-order valence-corrected chi connectivity index (χ4v) is 3.33. The zero-order valence-electron chi connectivity index (χ0n) is 11.4. The van der Waals surface area contributed by atoms with Gasteiger partial charge in [-0.25, -0.2) is 17.5 Å². The van der Waals surface area contributed by atoms with Gasteiger partial charge in [0.1, 0.15) is 0 Å². The number of sulfonamides is 1. The van der Waals surface area contributed by atoms with Crippen molar-refractivity contribution in [3.8, 4) is 0 Å². The number of carbonyl (C=O) groups is 1. The lowest BCUT2D eigenvalue weighted by Gasteiger charge is -2.43. The molecule has 0 spiro atoms. The van der Waals surface area contributed by atoms with E-state index in [0.717, 1.165) is 6.26 Å². The minimum atomic E-state index is -3.25. The highest BCUT2D eigenvalue weighted by Crippen LogP contribution is 2.24. The molecule has 6 nitrogen and oxygen atoms in total. The SMILES string of the molecule is CC(C)(C)N(C(=O)O)[C@@H]1CCCN(S(C)(=O)=O)C1. The molecular formula is C11H22N2O4S. The Morgan fingerprint density at radius 1 is 1.39 bits per heavy atom. The number of carboxylic acid groups (broad SMARTS) is 1. The summed E-state index contributed by atoms with van der Waals surface area (Å²) in [5, 5.41) is 9.31. The Balaban J connectivity index is 2.91. The predicted octanol–water partition coefficient (Wildman–Crippen LogP) is 1.19. The van der Waals surface area contributed by atoms with Crippen LogP contribution in [-0.4, -0.2) is 59.7 Å². The maximum absolute atomic E-state index is 11.5. The van der Waals surface area contributed by atoms with Crippen LogP contribution in [0.4, 0.5) is 4.79 Å². The van der Waals surface area contributed by atoms with E-state index in [1.165, 1.54) is 9.21 Å². The summed E-state index contributed by atoms with van der Waals surface area (Å²) in [5.74, 6) is 0. The van der Waals surface area contributed by atoms with Gasteiger partial charge in [0.05, 0.1) is 6.26 Å². The molecule has 1 rings (SSSR count). The average molecular weight is 278 g/mol. The Kier molecular flexibility index (Phi) is 4.27. The Bertz CT molecular complexity index is 413. The van der Waals surface area contributed by atoms with Gasteiger partial charge in [-0.15, -0.1) is 0 Å². The van der Waals surface area contributed by atoms with Crippen molar-refractivity contribution >= 4 is 16.1 Å². The van der Waals surface area contributed by atoms with E-state index in [1.807, 2.05) is 20.8 Å². The van der Waals surface area contributed by atoms with Crippen molar-refractivity contribution < 1.29 is 18.3 Å². The normalized spacial score (nSPS) is 22.8. The summed E-state index contributed by atoms with van der Waals surface area (Å²) in [5.41, 5.74) is -0.531. The summed E-state index contributed by atoms with van der Waals surface area (Å²) in [6.07, 6.45) is 1.56. The van der Waals surface area contributed by atoms with Crippen LogP contribution in [0.5, 0.6) is 0 Å². The van der Waals surface area contributed by atoms with Crippen molar-refractivity contribution in [1.82, 2.24) is 9.21 Å². The number of piperidine rings is 1. The fourth-order valence-electron chi connectivity index (χ4n) is 2.42. The third kappa shape index (κ3) is 3.58. The summed E-state index contributed by atoms with van der Waals surface area (Å²) in [4.78, 5) is 12.7. The minimum Gasteiger partial charge on any atom is -0.465 e. The van der Waals surface area contributed by atoms with Gasteiger partial charge in [0.2, 0.25) is 10.0 Å². The predicted molar refractivity (Wildman–Crippen MR) is 69.1 cm³/mol. The topological polar surface area (TPSA) is 77.9 Å². The molecule has 0 radical (unpaired) electrons. The van der Waals surface area contributed by atoms with Crippen molar-refractivity contribution in [2.24, 2.45) is 0 Å². The molecule has 1 N–H and O–H groups in total. The molecule has 1 saturated heterocycles. The molecule has 18 heavy (non-hydrogen) atoms. The second-order valence-electron chi connectivity index (χ2n) is 5.74. The standard InChI is InChI=1S/C11H22N2O4S/c1-11(2,3)13(10(14)15)9-6-5-7-12(8-9)18(4,16)17/h9H,5-8H2,1-4H3,(H,14,15)/t9-/m1/s1. The van der Waals surface area contributed by atoms with Crippen molar-refractivity contribution in [1.29, 1.82) is 0 Å². The van der Waals surface area contributed by atoms with E-state index in [-0.39, 0.29) is 12.6 Å². The number of hydrogen-bond donors (Lipinski definition) is 1. The Labute approximate surface area is 109 Å². The first-order valence-electron chi connectivity index (χ1n) is 6.01. The van der Waals surface area contributed by atoms with E-state index in [0.29, 0.717) is 19.4 Å². The number of nitrogens with zero attached hydrogens (tertiary/aromatic N) is 2. The second kappa shape index (κ2) is 5.05. The first kappa shape index (κ1) is 15.2. The molecule has 0 aliphatic carbocycles. The van der Waals surface area contributed by atoms with E-state index in [9.17, 15) is 18.3 Å². The van der Waals surface area contributed by atoms with E-state index in [1.54, 1.807) is 0 Å². The van der Waals surface area contributed by atoms with Crippen molar-refractivity contribution in [2.75, 3.05) is 19.3 Å². The van der Waals surface area contributed by atoms with E-state index >= 15 is 0 Å². The molecule has 1 fully saturated rings. The molecule has 0 aromatic carbocycles. The van der Waals surface area contributed by atoms with Gasteiger partial charge in [-0.2, -0.15) is 0 Å². The number of rotatable bonds is 2. The minimum absolute atomic E-state index is 0.252. The molecule has 0 aromatic heterocycles. The van der Waals surface area contributed by atoms with E-state index in [2.05, 4.69) is 0 Å². The van der Waals surface area contributed by atoms with Crippen LogP contribution < -0.4 is 0 Å². The Hall–Kier alpha value is -0.820. The molecule has 1 atom stereocenters. The molecular weight excluding hydrogens is 256 g/mol. The van der Waals surface area contributed by atoms with Crippen LogP contribution in [-0.2, 0) is 10.0 Å². The van der Waals surface area contributed by atoms with Crippen molar-refractivity contribution in [3.05, 3.63) is 0 Å². The molecule has 0 aromatic rings. The molecule has 0 saturated carbocycles. The largest absolute Gasteiger partial charge is 0.465 e. The highest BCUT2D eigenvalue weighted by molar-refractivity contribution is 7.88. The molecule has 0 bridgehead atoms. The maximum Gasteiger partial charge on any atom is 0.408 e. The smallest absolute Gasteiger partial charge is 0.408 e. The van der Waals surface area contributed by atoms with Crippen LogP contribution in [0.2, 0.25) is 0 Å². The summed E-state index contributed by atoms with van der Waals surface area (Å²) in [6, 6.07) is -0.272. The van der Waals surface area contributed by atoms with Gasteiger partial charge < -0.3 is 5.11 Å². The molecule has 1 aliphatic rings. The first-order valence-corrected chi connectivity index (χ1v) is 7.85. The van der Waals surface area contributed by atoms with Gasteiger partial charge in [-0.1, -0.05) is 0 Å². The zero-order chi connectivity index (χ0) is 14.1. The van der Waals surface area contributed by atoms with Crippen LogP contribution in [0.1, 0.15) is 33.6 Å². The zero-order valence-corrected chi connectivity index (χ0v) is 12.2. The summed E-state index contributed by atoms with van der Waals surface area (Å²) in [7, 11) is -3.25. The molecule has 0 unspecified atom stereocenters. The lowest BCUT2D eigenvalue weighted by Crippen LogP contribution is -2.57. The average Bonchev–Trinajstić information content (AvgIpc) is 2.13. The third-order valence-corrected chi connectivity index (χ3v) is 4.39. The van der Waals surface area contributed by atoms with Gasteiger partial charge in [0, 0.05) is 24.7 Å². The lowest BCUT2D eigenvalue weighted by molar-refractivity contribution is 0.0506. The number of hydrogen-bond acceptors (Lipinski definition) is 3.